The van der Waals surface area contributed by atoms with Crippen LogP contribution >= 0.6 is 11.3 Å². The molecule has 0 aliphatic heterocycles. The van der Waals surface area contributed by atoms with Crippen molar-refractivity contribution in [2.75, 3.05) is 19.0 Å². The van der Waals surface area contributed by atoms with Crippen molar-refractivity contribution >= 4 is 22.2 Å². The average molecular weight is 493 g/mol. The Balaban J connectivity index is 1.60. The lowest BCUT2D eigenvalue weighted by Crippen LogP contribution is -2.10. The van der Waals surface area contributed by atoms with Gasteiger partial charge in [-0.1, -0.05) is 51.2 Å². The molecule has 8 heteroatoms. The third kappa shape index (κ3) is 7.94. The Morgan fingerprint density at radius 2 is 1.71 bits per heavy atom. The van der Waals surface area contributed by atoms with Crippen LogP contribution in [0.1, 0.15) is 62.3 Å². The van der Waals surface area contributed by atoms with Crippen molar-refractivity contribution in [2.24, 2.45) is 0 Å². The minimum Gasteiger partial charge on any atom is -0.497 e. The number of hydrogen-bond donors (Lipinski definition) is 1. The number of unbranched alkanes of at least 4 members (excludes halogenated alkanes) is 5. The van der Waals surface area contributed by atoms with Crippen LogP contribution in [0.25, 0.3) is 0 Å². The van der Waals surface area contributed by atoms with E-state index in [9.17, 15) is 13.2 Å². The Bertz CT molecular complexity index is 1020. The molecular formula is C26H31F3N2O2S. The first kappa shape index (κ1) is 25.9. The summed E-state index contributed by atoms with van der Waals surface area (Å²) in [6.45, 7) is 2.43. The van der Waals surface area contributed by atoms with Gasteiger partial charge in [0.1, 0.15) is 11.5 Å². The van der Waals surface area contributed by atoms with Gasteiger partial charge >= 0.3 is 6.18 Å². The van der Waals surface area contributed by atoms with Gasteiger partial charge in [0, 0.05) is 17.5 Å². The van der Waals surface area contributed by atoms with Crippen molar-refractivity contribution in [1.29, 1.82) is 0 Å². The largest absolute Gasteiger partial charge is 0.497 e. The molecule has 0 unspecified atom stereocenters. The first-order chi connectivity index (χ1) is 16.4. The fourth-order valence-corrected chi connectivity index (χ4v) is 4.27. The van der Waals surface area contributed by atoms with E-state index >= 15 is 0 Å². The Morgan fingerprint density at radius 3 is 2.41 bits per heavy atom. The van der Waals surface area contributed by atoms with Crippen molar-refractivity contribution in [3.63, 3.8) is 0 Å². The lowest BCUT2D eigenvalue weighted by Gasteiger charge is -2.15. The molecule has 3 rings (SSSR count). The summed E-state index contributed by atoms with van der Waals surface area (Å²) in [5.74, 6) is 0.648. The normalized spacial score (nSPS) is 11.4. The highest BCUT2D eigenvalue weighted by Crippen LogP contribution is 2.38. The molecule has 0 fully saturated rings. The van der Waals surface area contributed by atoms with Gasteiger partial charge in [-0.3, -0.25) is 0 Å². The summed E-state index contributed by atoms with van der Waals surface area (Å²) in [4.78, 5) is 4.51. The highest BCUT2D eigenvalue weighted by Gasteiger charge is 2.34. The predicted molar refractivity (Wildman–Crippen MR) is 132 cm³/mol. The van der Waals surface area contributed by atoms with Gasteiger partial charge in [0.25, 0.3) is 0 Å². The number of ether oxygens (including phenoxy) is 2. The second kappa shape index (κ2) is 12.6. The number of aromatic nitrogens is 1. The third-order valence-corrected chi connectivity index (χ3v) is 6.19. The van der Waals surface area contributed by atoms with Gasteiger partial charge < -0.3 is 14.8 Å². The lowest BCUT2D eigenvalue weighted by molar-refractivity contribution is -0.138. The fraction of sp³-hybridized carbons (Fsp3) is 0.423. The number of alkyl halides is 3. The summed E-state index contributed by atoms with van der Waals surface area (Å²) in [7, 11) is 1.62. The highest BCUT2D eigenvalue weighted by molar-refractivity contribution is 7.13. The summed E-state index contributed by atoms with van der Waals surface area (Å²) in [5, 5.41) is 5.43. The minimum absolute atomic E-state index is 0.133. The molecule has 3 aromatic rings. The average Bonchev–Trinajstić information content (AvgIpc) is 3.25. The summed E-state index contributed by atoms with van der Waals surface area (Å²) in [5.41, 5.74) is 1.46. The summed E-state index contributed by atoms with van der Waals surface area (Å²) in [6.07, 6.45) is 2.43. The van der Waals surface area contributed by atoms with E-state index in [0.29, 0.717) is 17.2 Å². The van der Waals surface area contributed by atoms with Crippen LogP contribution in [0.4, 0.5) is 24.0 Å². The van der Waals surface area contributed by atoms with Gasteiger partial charge in [-0.05, 0) is 42.3 Å². The van der Waals surface area contributed by atoms with Crippen LogP contribution in [0.3, 0.4) is 0 Å². The van der Waals surface area contributed by atoms with E-state index in [-0.39, 0.29) is 12.4 Å². The van der Waals surface area contributed by atoms with Crippen LogP contribution in [0.5, 0.6) is 11.5 Å². The number of hydrogen-bond acceptors (Lipinski definition) is 5. The SMILES string of the molecule is CCCCCCCCOc1ccc(Nc2nc(Cc3ccc(OC)cc3)cs2)cc1C(F)(F)F. The van der Waals surface area contributed by atoms with Crippen molar-refractivity contribution in [3.8, 4) is 11.5 Å². The Morgan fingerprint density at radius 1 is 0.971 bits per heavy atom. The van der Waals surface area contributed by atoms with Gasteiger partial charge in [0.05, 0.1) is 25.0 Å². The Hall–Kier alpha value is -2.74. The Labute approximate surface area is 203 Å². The fourth-order valence-electron chi connectivity index (χ4n) is 3.54. The lowest BCUT2D eigenvalue weighted by atomic mass is 10.1. The van der Waals surface area contributed by atoms with Crippen LogP contribution in [0.15, 0.2) is 47.8 Å². The number of nitrogens with zero attached hydrogens (tertiary/aromatic N) is 1. The molecule has 0 atom stereocenters. The zero-order valence-electron chi connectivity index (χ0n) is 19.6. The van der Waals surface area contributed by atoms with Crippen LogP contribution in [0, 0.1) is 0 Å². The van der Waals surface area contributed by atoms with Gasteiger partial charge in [-0.25, -0.2) is 4.98 Å². The van der Waals surface area contributed by atoms with Gasteiger partial charge in [0.15, 0.2) is 5.13 Å². The molecule has 2 aromatic carbocycles. The molecule has 184 valence electrons. The molecular weight excluding hydrogens is 461 g/mol. The second-order valence-corrected chi connectivity index (χ2v) is 8.98. The van der Waals surface area contributed by atoms with Gasteiger partial charge in [-0.15, -0.1) is 11.3 Å². The summed E-state index contributed by atoms with van der Waals surface area (Å²) < 4.78 is 51.6. The molecule has 0 aliphatic carbocycles. The quantitative estimate of drug-likeness (QED) is 0.244. The van der Waals surface area contributed by atoms with Crippen molar-refractivity contribution < 1.29 is 22.6 Å². The summed E-state index contributed by atoms with van der Waals surface area (Å²) in [6, 6.07) is 11.8. The van der Waals surface area contributed by atoms with E-state index in [1.165, 1.54) is 23.8 Å². The molecule has 4 nitrogen and oxygen atoms in total. The number of methoxy groups -OCH3 is 1. The molecule has 1 N–H and O–H groups in total. The van der Waals surface area contributed by atoms with E-state index in [0.717, 1.165) is 55.2 Å². The first-order valence-electron chi connectivity index (χ1n) is 11.6. The van der Waals surface area contributed by atoms with E-state index < -0.39 is 11.7 Å². The maximum absolute atomic E-state index is 13.7. The number of halogens is 3. The van der Waals surface area contributed by atoms with Gasteiger partial charge in [0.2, 0.25) is 0 Å². The van der Waals surface area contributed by atoms with Crippen LogP contribution in [-0.4, -0.2) is 18.7 Å². The van der Waals surface area contributed by atoms with Crippen molar-refractivity contribution in [2.45, 2.75) is 58.0 Å². The van der Waals surface area contributed by atoms with Crippen molar-refractivity contribution in [3.05, 3.63) is 64.7 Å². The molecule has 34 heavy (non-hydrogen) atoms. The molecule has 0 spiro atoms. The standard InChI is InChI=1S/C26H31F3N2O2S/c1-3-4-5-6-7-8-15-33-24-14-11-20(17-23(24)26(27,28)29)30-25-31-21(18-34-25)16-19-9-12-22(32-2)13-10-19/h9-14,17-18H,3-8,15-16H2,1-2H3,(H,30,31). The van der Waals surface area contributed by atoms with E-state index in [1.54, 1.807) is 13.2 Å². The van der Waals surface area contributed by atoms with Crippen molar-refractivity contribution in [1.82, 2.24) is 4.98 Å². The number of nitrogens with one attached hydrogen (secondary N) is 1. The zero-order chi connectivity index (χ0) is 24.4. The summed E-state index contributed by atoms with van der Waals surface area (Å²) >= 11 is 1.35. The smallest absolute Gasteiger partial charge is 0.420 e. The number of anilines is 2. The van der Waals surface area contributed by atoms with Crippen LogP contribution in [-0.2, 0) is 12.6 Å². The number of rotatable bonds is 13. The van der Waals surface area contributed by atoms with E-state index in [1.807, 2.05) is 29.6 Å². The molecule has 1 aromatic heterocycles. The molecule has 0 saturated carbocycles. The zero-order valence-corrected chi connectivity index (χ0v) is 20.4. The van der Waals surface area contributed by atoms with E-state index in [2.05, 4.69) is 17.2 Å². The molecule has 0 bridgehead atoms. The van der Waals surface area contributed by atoms with Gasteiger partial charge in [-0.2, -0.15) is 13.2 Å². The number of thiazole rings is 1. The predicted octanol–water partition coefficient (Wildman–Crippen LogP) is 8.24. The third-order valence-electron chi connectivity index (χ3n) is 5.39. The van der Waals surface area contributed by atoms with Crippen LogP contribution in [0.2, 0.25) is 0 Å². The van der Waals surface area contributed by atoms with Crippen LogP contribution < -0.4 is 14.8 Å². The molecule has 0 aliphatic rings. The highest BCUT2D eigenvalue weighted by atomic mass is 32.1. The topological polar surface area (TPSA) is 43.4 Å². The minimum atomic E-state index is -4.50. The maximum Gasteiger partial charge on any atom is 0.420 e. The first-order valence-corrected chi connectivity index (χ1v) is 12.5. The Kier molecular flexibility index (Phi) is 9.62. The molecule has 0 saturated heterocycles. The second-order valence-electron chi connectivity index (χ2n) is 8.12. The monoisotopic (exact) mass is 492 g/mol. The molecule has 0 radical (unpaired) electrons. The van der Waals surface area contributed by atoms with E-state index in [4.69, 9.17) is 9.47 Å². The maximum atomic E-state index is 13.7. The molecule has 1 heterocycles. The number of benzene rings is 2. The molecule has 0 amide bonds.